The summed E-state index contributed by atoms with van der Waals surface area (Å²) in [4.78, 5) is 16.2. The smallest absolute Gasteiger partial charge is 0.285 e. The average molecular weight is 397 g/mol. The lowest BCUT2D eigenvalue weighted by atomic mass is 10.2. The van der Waals surface area contributed by atoms with Crippen molar-refractivity contribution >= 4 is 27.3 Å². The van der Waals surface area contributed by atoms with E-state index in [1.165, 1.54) is 23.9 Å². The number of nitrogens with one attached hydrogen (secondary N) is 1. The Morgan fingerprint density at radius 3 is 2.46 bits per heavy atom. The van der Waals surface area contributed by atoms with Gasteiger partial charge < -0.3 is 4.57 Å². The van der Waals surface area contributed by atoms with E-state index in [9.17, 15) is 22.0 Å². The van der Waals surface area contributed by atoms with Crippen LogP contribution in [0.5, 0.6) is 0 Å². The number of aromatic nitrogens is 2. The fourth-order valence-electron chi connectivity index (χ4n) is 2.37. The molecule has 26 heavy (non-hydrogen) atoms. The molecule has 0 aliphatic rings. The average Bonchev–Trinajstić information content (AvgIpc) is 3.14. The molecule has 0 spiro atoms. The highest BCUT2D eigenvalue weighted by molar-refractivity contribution is 7.92. The minimum atomic E-state index is -4.06. The number of nitrogens with zero attached hydrogens (tertiary/aromatic N) is 2. The van der Waals surface area contributed by atoms with Crippen molar-refractivity contribution in [3.63, 3.8) is 0 Å². The van der Waals surface area contributed by atoms with Gasteiger partial charge in [-0.25, -0.2) is 26.9 Å². The number of halogens is 2. The van der Waals surface area contributed by atoms with E-state index in [-0.39, 0.29) is 15.7 Å². The molecular formula is C16H13F2N3O3S2. The van der Waals surface area contributed by atoms with Crippen LogP contribution in [0.2, 0.25) is 0 Å². The number of rotatable bonds is 4. The first-order valence-electron chi connectivity index (χ1n) is 7.29. The second-order valence-corrected chi connectivity index (χ2v) is 8.28. The highest BCUT2D eigenvalue weighted by atomic mass is 32.2. The Labute approximate surface area is 152 Å². The molecule has 0 radical (unpaired) electrons. The summed E-state index contributed by atoms with van der Waals surface area (Å²) in [6, 6.07) is 4.96. The molecule has 0 saturated heterocycles. The standard InChI is InChI=1S/C16H13F2N3O3S2/c1-9-6-7-25-16(9)26(23,24)20-15(22)12-8-21(2)14(19-12)13-10(17)4-3-5-11(13)18/h3-8H,1-2H3,(H,20,22). The zero-order valence-electron chi connectivity index (χ0n) is 13.7. The van der Waals surface area contributed by atoms with Crippen molar-refractivity contribution in [2.45, 2.75) is 11.1 Å². The summed E-state index contributed by atoms with van der Waals surface area (Å²) in [5.41, 5.74) is -0.167. The number of carbonyl (C=O) groups excluding carboxylic acids is 1. The summed E-state index contributed by atoms with van der Waals surface area (Å²) >= 11 is 0.975. The van der Waals surface area contributed by atoms with Crippen LogP contribution in [0.15, 0.2) is 40.1 Å². The first-order valence-corrected chi connectivity index (χ1v) is 9.66. The summed E-state index contributed by atoms with van der Waals surface area (Å²) in [6.07, 6.45) is 1.20. The maximum Gasteiger partial charge on any atom is 0.285 e. The van der Waals surface area contributed by atoms with Crippen LogP contribution >= 0.6 is 11.3 Å². The Bertz CT molecular complexity index is 1080. The maximum atomic E-state index is 13.9. The number of benzene rings is 1. The van der Waals surface area contributed by atoms with E-state index >= 15 is 0 Å². The van der Waals surface area contributed by atoms with Crippen LogP contribution in [0.3, 0.4) is 0 Å². The number of imidazole rings is 1. The van der Waals surface area contributed by atoms with Crippen molar-refractivity contribution in [1.82, 2.24) is 14.3 Å². The highest BCUT2D eigenvalue weighted by Gasteiger charge is 2.25. The zero-order chi connectivity index (χ0) is 19.1. The molecular weight excluding hydrogens is 384 g/mol. The third kappa shape index (κ3) is 3.25. The van der Waals surface area contributed by atoms with Gasteiger partial charge >= 0.3 is 0 Å². The van der Waals surface area contributed by atoms with Crippen molar-refractivity contribution in [3.8, 4) is 11.4 Å². The van der Waals surface area contributed by atoms with E-state index in [1.807, 2.05) is 4.72 Å². The summed E-state index contributed by atoms with van der Waals surface area (Å²) < 4.78 is 55.6. The third-order valence-corrected chi connectivity index (χ3v) is 6.60. The minimum Gasteiger partial charge on any atom is -0.333 e. The van der Waals surface area contributed by atoms with Gasteiger partial charge in [-0.1, -0.05) is 6.07 Å². The van der Waals surface area contributed by atoms with Crippen molar-refractivity contribution < 1.29 is 22.0 Å². The molecule has 136 valence electrons. The molecule has 6 nitrogen and oxygen atoms in total. The molecule has 0 aliphatic carbocycles. The summed E-state index contributed by atoms with van der Waals surface area (Å²) in [7, 11) is -2.61. The molecule has 2 heterocycles. The van der Waals surface area contributed by atoms with Crippen LogP contribution < -0.4 is 4.72 Å². The Hall–Kier alpha value is -2.59. The second-order valence-electron chi connectivity index (χ2n) is 5.48. The van der Waals surface area contributed by atoms with E-state index in [4.69, 9.17) is 0 Å². The van der Waals surface area contributed by atoms with E-state index < -0.39 is 33.1 Å². The molecule has 2 aromatic heterocycles. The van der Waals surface area contributed by atoms with Crippen molar-refractivity contribution in [2.75, 3.05) is 0 Å². The van der Waals surface area contributed by atoms with Crippen LogP contribution in [0.4, 0.5) is 8.78 Å². The number of aryl methyl sites for hydroxylation is 2. The summed E-state index contributed by atoms with van der Waals surface area (Å²) in [5, 5.41) is 1.59. The number of sulfonamides is 1. The van der Waals surface area contributed by atoms with Gasteiger partial charge in [0.1, 0.15) is 27.4 Å². The SMILES string of the molecule is Cc1ccsc1S(=O)(=O)NC(=O)c1cn(C)c(-c2c(F)cccc2F)n1. The Morgan fingerprint density at radius 2 is 1.88 bits per heavy atom. The Kier molecular flexibility index (Phi) is 4.63. The number of carbonyl (C=O) groups is 1. The van der Waals surface area contributed by atoms with Crippen molar-refractivity contribution in [3.05, 3.63) is 58.7 Å². The number of amides is 1. The highest BCUT2D eigenvalue weighted by Crippen LogP contribution is 2.25. The molecule has 0 unspecified atom stereocenters. The van der Waals surface area contributed by atoms with Gasteiger partial charge in [0.05, 0.1) is 5.56 Å². The van der Waals surface area contributed by atoms with Crippen molar-refractivity contribution in [2.24, 2.45) is 7.05 Å². The van der Waals surface area contributed by atoms with Gasteiger partial charge in [0.15, 0.2) is 0 Å². The molecule has 0 saturated carbocycles. The van der Waals surface area contributed by atoms with Gasteiger partial charge in [-0.05, 0) is 36.1 Å². The number of hydrogen-bond donors (Lipinski definition) is 1. The quantitative estimate of drug-likeness (QED) is 0.734. The van der Waals surface area contributed by atoms with Gasteiger partial charge in [-0.2, -0.15) is 0 Å². The van der Waals surface area contributed by atoms with Gasteiger partial charge in [-0.15, -0.1) is 11.3 Å². The number of hydrogen-bond acceptors (Lipinski definition) is 5. The molecule has 1 aromatic carbocycles. The largest absolute Gasteiger partial charge is 0.333 e. The molecule has 3 rings (SSSR count). The van der Waals surface area contributed by atoms with E-state index in [0.29, 0.717) is 5.56 Å². The van der Waals surface area contributed by atoms with Crippen LogP contribution in [0.1, 0.15) is 16.1 Å². The lowest BCUT2D eigenvalue weighted by Crippen LogP contribution is -2.30. The predicted octanol–water partition coefficient (Wildman–Crippen LogP) is 2.85. The zero-order valence-corrected chi connectivity index (χ0v) is 15.3. The molecule has 0 fully saturated rings. The molecule has 0 atom stereocenters. The predicted molar refractivity (Wildman–Crippen MR) is 92.3 cm³/mol. The van der Waals surface area contributed by atoms with Crippen LogP contribution in [0.25, 0.3) is 11.4 Å². The lowest BCUT2D eigenvalue weighted by Gasteiger charge is -2.04. The summed E-state index contributed by atoms with van der Waals surface area (Å²) in [5.74, 6) is -2.80. The fourth-order valence-corrected chi connectivity index (χ4v) is 4.76. The minimum absolute atomic E-state index is 0.0159. The van der Waals surface area contributed by atoms with E-state index in [1.54, 1.807) is 18.4 Å². The van der Waals surface area contributed by atoms with E-state index in [2.05, 4.69) is 4.98 Å². The fraction of sp³-hybridized carbons (Fsp3) is 0.125. The normalized spacial score (nSPS) is 11.5. The van der Waals surface area contributed by atoms with E-state index in [0.717, 1.165) is 23.5 Å². The third-order valence-electron chi connectivity index (χ3n) is 3.58. The second kappa shape index (κ2) is 6.61. The molecule has 1 amide bonds. The first-order chi connectivity index (χ1) is 12.2. The number of thiophene rings is 1. The van der Waals surface area contributed by atoms with Gasteiger partial charge in [0, 0.05) is 13.2 Å². The van der Waals surface area contributed by atoms with Crippen LogP contribution in [-0.2, 0) is 17.1 Å². The molecule has 0 bridgehead atoms. The Morgan fingerprint density at radius 1 is 1.23 bits per heavy atom. The van der Waals surface area contributed by atoms with Crippen LogP contribution in [0, 0.1) is 18.6 Å². The maximum absolute atomic E-state index is 13.9. The van der Waals surface area contributed by atoms with Gasteiger partial charge in [0.2, 0.25) is 0 Å². The Balaban J connectivity index is 1.94. The molecule has 10 heteroatoms. The van der Waals surface area contributed by atoms with Crippen molar-refractivity contribution in [1.29, 1.82) is 0 Å². The van der Waals surface area contributed by atoms with Gasteiger partial charge in [-0.3, -0.25) is 4.79 Å². The molecule has 0 aliphatic heterocycles. The summed E-state index contributed by atoms with van der Waals surface area (Å²) in [6.45, 7) is 1.61. The topological polar surface area (TPSA) is 81.1 Å². The molecule has 3 aromatic rings. The first kappa shape index (κ1) is 18.2. The van der Waals surface area contributed by atoms with Gasteiger partial charge in [0.25, 0.3) is 15.9 Å². The van der Waals surface area contributed by atoms with Crippen LogP contribution in [-0.4, -0.2) is 23.9 Å². The monoisotopic (exact) mass is 397 g/mol. The molecule has 1 N–H and O–H groups in total. The lowest BCUT2D eigenvalue weighted by molar-refractivity contribution is 0.0977.